The average Bonchev–Trinajstić information content (AvgIpc) is 2.40. The molecular formula is C15H21FN2. The zero-order valence-electron chi connectivity index (χ0n) is 11.4. The van der Waals surface area contributed by atoms with Crippen molar-refractivity contribution in [3.05, 3.63) is 29.6 Å². The Balaban J connectivity index is 3.02. The zero-order chi connectivity index (χ0) is 13.5. The van der Waals surface area contributed by atoms with Crippen LogP contribution in [0.4, 0.5) is 10.1 Å². The predicted octanol–water partition coefficient (Wildman–Crippen LogP) is 3.96. The number of nitriles is 1. The standard InChI is InChI=1S/C15H21FN2/c1-4-12(5-2)11-18(6-3)15-9-7-8-14(16)13(15)10-17/h7-9,12H,4-6,11H2,1-3H3. The molecule has 98 valence electrons. The third-order valence-electron chi connectivity index (χ3n) is 3.46. The Morgan fingerprint density at radius 2 is 1.94 bits per heavy atom. The monoisotopic (exact) mass is 248 g/mol. The van der Waals surface area contributed by atoms with Crippen molar-refractivity contribution in [2.45, 2.75) is 33.6 Å². The van der Waals surface area contributed by atoms with Gasteiger partial charge in [-0.2, -0.15) is 5.26 Å². The highest BCUT2D eigenvalue weighted by Crippen LogP contribution is 2.24. The highest BCUT2D eigenvalue weighted by Gasteiger charge is 2.16. The van der Waals surface area contributed by atoms with Gasteiger partial charge in [0.05, 0.1) is 5.69 Å². The van der Waals surface area contributed by atoms with Gasteiger partial charge in [0.25, 0.3) is 0 Å². The maximum Gasteiger partial charge on any atom is 0.143 e. The van der Waals surface area contributed by atoms with E-state index in [0.717, 1.165) is 25.9 Å². The van der Waals surface area contributed by atoms with Crippen LogP contribution in [-0.2, 0) is 0 Å². The predicted molar refractivity (Wildman–Crippen MR) is 73.1 cm³/mol. The first-order chi connectivity index (χ1) is 8.67. The summed E-state index contributed by atoms with van der Waals surface area (Å²) in [4.78, 5) is 2.10. The molecule has 0 spiro atoms. The summed E-state index contributed by atoms with van der Waals surface area (Å²) in [6.45, 7) is 8.03. The Labute approximate surface area is 109 Å². The Kier molecular flexibility index (Phi) is 5.64. The van der Waals surface area contributed by atoms with Crippen LogP contribution < -0.4 is 4.90 Å². The van der Waals surface area contributed by atoms with Crippen molar-refractivity contribution in [1.29, 1.82) is 5.26 Å². The van der Waals surface area contributed by atoms with E-state index in [1.54, 1.807) is 6.07 Å². The highest BCUT2D eigenvalue weighted by molar-refractivity contribution is 5.59. The van der Waals surface area contributed by atoms with E-state index in [0.29, 0.717) is 11.6 Å². The number of hydrogen-bond donors (Lipinski definition) is 0. The SMILES string of the molecule is CCC(CC)CN(CC)c1cccc(F)c1C#N. The van der Waals surface area contributed by atoms with Crippen molar-refractivity contribution in [2.75, 3.05) is 18.0 Å². The number of rotatable bonds is 6. The van der Waals surface area contributed by atoms with Crippen LogP contribution in [0.2, 0.25) is 0 Å². The number of nitrogens with zero attached hydrogens (tertiary/aromatic N) is 2. The van der Waals surface area contributed by atoms with Gasteiger partial charge in [-0.05, 0) is 25.0 Å². The Morgan fingerprint density at radius 1 is 1.28 bits per heavy atom. The van der Waals surface area contributed by atoms with Crippen molar-refractivity contribution < 1.29 is 4.39 Å². The van der Waals surface area contributed by atoms with Crippen LogP contribution in [0.5, 0.6) is 0 Å². The van der Waals surface area contributed by atoms with Gasteiger partial charge in [0.2, 0.25) is 0 Å². The second-order valence-electron chi connectivity index (χ2n) is 4.47. The van der Waals surface area contributed by atoms with Crippen molar-refractivity contribution in [2.24, 2.45) is 5.92 Å². The van der Waals surface area contributed by atoms with Gasteiger partial charge in [-0.25, -0.2) is 4.39 Å². The van der Waals surface area contributed by atoms with E-state index >= 15 is 0 Å². The normalized spacial score (nSPS) is 10.4. The molecule has 0 radical (unpaired) electrons. The summed E-state index contributed by atoms with van der Waals surface area (Å²) in [5.74, 6) is 0.151. The van der Waals surface area contributed by atoms with E-state index in [1.807, 2.05) is 19.1 Å². The lowest BCUT2D eigenvalue weighted by Crippen LogP contribution is -2.29. The Morgan fingerprint density at radius 3 is 2.44 bits per heavy atom. The van der Waals surface area contributed by atoms with Crippen LogP contribution in [0.1, 0.15) is 39.2 Å². The summed E-state index contributed by atoms with van der Waals surface area (Å²) in [5.41, 5.74) is 0.872. The molecule has 0 aliphatic carbocycles. The molecule has 0 aliphatic heterocycles. The molecule has 0 atom stereocenters. The van der Waals surface area contributed by atoms with Crippen molar-refractivity contribution in [3.63, 3.8) is 0 Å². The largest absolute Gasteiger partial charge is 0.370 e. The van der Waals surface area contributed by atoms with E-state index in [4.69, 9.17) is 5.26 Å². The van der Waals surface area contributed by atoms with E-state index < -0.39 is 5.82 Å². The minimum absolute atomic E-state index is 0.158. The van der Waals surface area contributed by atoms with E-state index in [1.165, 1.54) is 6.07 Å². The van der Waals surface area contributed by atoms with Crippen LogP contribution in [0.15, 0.2) is 18.2 Å². The van der Waals surface area contributed by atoms with Gasteiger partial charge >= 0.3 is 0 Å². The number of benzene rings is 1. The molecule has 0 N–H and O–H groups in total. The van der Waals surface area contributed by atoms with Crippen molar-refractivity contribution in [3.8, 4) is 6.07 Å². The summed E-state index contributed by atoms with van der Waals surface area (Å²) in [6.07, 6.45) is 2.20. The second kappa shape index (κ2) is 7.00. The minimum atomic E-state index is -0.432. The van der Waals surface area contributed by atoms with Gasteiger partial charge in [0, 0.05) is 13.1 Å². The zero-order valence-corrected chi connectivity index (χ0v) is 11.4. The molecule has 0 unspecified atom stereocenters. The van der Waals surface area contributed by atoms with Gasteiger partial charge in [0.15, 0.2) is 0 Å². The fourth-order valence-electron chi connectivity index (χ4n) is 2.14. The Bertz CT molecular complexity index is 419. The molecule has 2 nitrogen and oxygen atoms in total. The summed E-state index contributed by atoms with van der Waals surface area (Å²) in [6, 6.07) is 6.81. The number of halogens is 1. The van der Waals surface area contributed by atoms with Crippen LogP contribution in [0.3, 0.4) is 0 Å². The first-order valence-electron chi connectivity index (χ1n) is 6.61. The topological polar surface area (TPSA) is 27.0 Å². The van der Waals surface area contributed by atoms with Gasteiger partial charge in [0.1, 0.15) is 17.4 Å². The molecule has 0 bridgehead atoms. The van der Waals surface area contributed by atoms with Gasteiger partial charge < -0.3 is 4.90 Å². The molecule has 3 heteroatoms. The first kappa shape index (κ1) is 14.5. The molecule has 0 heterocycles. The summed E-state index contributed by atoms with van der Waals surface area (Å²) in [7, 11) is 0. The molecule has 0 aliphatic rings. The lowest BCUT2D eigenvalue weighted by atomic mass is 10.0. The number of hydrogen-bond acceptors (Lipinski definition) is 2. The minimum Gasteiger partial charge on any atom is -0.370 e. The van der Waals surface area contributed by atoms with Crippen LogP contribution in [-0.4, -0.2) is 13.1 Å². The third kappa shape index (κ3) is 3.22. The molecular weight excluding hydrogens is 227 g/mol. The molecule has 0 saturated heterocycles. The van der Waals surface area contributed by atoms with Crippen molar-refractivity contribution >= 4 is 5.69 Å². The van der Waals surface area contributed by atoms with E-state index in [9.17, 15) is 4.39 Å². The Hall–Kier alpha value is -1.56. The maximum atomic E-state index is 13.6. The van der Waals surface area contributed by atoms with Crippen LogP contribution in [0, 0.1) is 23.1 Å². The molecule has 1 aromatic rings. The summed E-state index contributed by atoms with van der Waals surface area (Å²) in [5, 5.41) is 9.08. The lowest BCUT2D eigenvalue weighted by Gasteiger charge is -2.28. The van der Waals surface area contributed by atoms with Gasteiger partial charge in [-0.3, -0.25) is 0 Å². The van der Waals surface area contributed by atoms with Gasteiger partial charge in [-0.1, -0.05) is 32.8 Å². The summed E-state index contributed by atoms with van der Waals surface area (Å²) >= 11 is 0. The quantitative estimate of drug-likeness (QED) is 0.762. The van der Waals surface area contributed by atoms with E-state index in [2.05, 4.69) is 18.7 Å². The fourth-order valence-corrected chi connectivity index (χ4v) is 2.14. The molecule has 1 aromatic carbocycles. The van der Waals surface area contributed by atoms with E-state index in [-0.39, 0.29) is 5.56 Å². The fraction of sp³-hybridized carbons (Fsp3) is 0.533. The molecule has 18 heavy (non-hydrogen) atoms. The smallest absolute Gasteiger partial charge is 0.143 e. The van der Waals surface area contributed by atoms with Gasteiger partial charge in [-0.15, -0.1) is 0 Å². The van der Waals surface area contributed by atoms with Crippen LogP contribution >= 0.6 is 0 Å². The molecule has 0 amide bonds. The second-order valence-corrected chi connectivity index (χ2v) is 4.47. The summed E-state index contributed by atoms with van der Waals surface area (Å²) < 4.78 is 13.6. The average molecular weight is 248 g/mol. The molecule has 0 fully saturated rings. The lowest BCUT2D eigenvalue weighted by molar-refractivity contribution is 0.485. The van der Waals surface area contributed by atoms with Crippen molar-refractivity contribution in [1.82, 2.24) is 0 Å². The molecule has 0 saturated carbocycles. The highest BCUT2D eigenvalue weighted by atomic mass is 19.1. The first-order valence-corrected chi connectivity index (χ1v) is 6.61. The third-order valence-corrected chi connectivity index (χ3v) is 3.46. The maximum absolute atomic E-state index is 13.6. The van der Waals surface area contributed by atoms with Crippen LogP contribution in [0.25, 0.3) is 0 Å². The molecule has 1 rings (SSSR count). The number of anilines is 1. The molecule has 0 aromatic heterocycles.